The van der Waals surface area contributed by atoms with E-state index in [1.807, 2.05) is 6.08 Å². The molecule has 0 aromatic heterocycles. The van der Waals surface area contributed by atoms with Crippen LogP contribution in [0.25, 0.3) is 0 Å². The van der Waals surface area contributed by atoms with Gasteiger partial charge in [-0.25, -0.2) is 0 Å². The fraction of sp³-hybridized carbons (Fsp3) is 0.750. The Morgan fingerprint density at radius 1 is 1.46 bits per heavy atom. The van der Waals surface area contributed by atoms with E-state index >= 15 is 0 Å². The average Bonchev–Trinajstić information content (AvgIpc) is 2.04. The molecule has 0 fully saturated rings. The number of hydrogen-bond acceptors (Lipinski definition) is 1. The molecule has 1 rings (SSSR count). The van der Waals surface area contributed by atoms with E-state index < -0.39 is 0 Å². The molecule has 1 aliphatic rings. The fourth-order valence-corrected chi connectivity index (χ4v) is 2.41. The molecule has 0 heterocycles. The monoisotopic (exact) mass is 180 g/mol. The lowest BCUT2D eigenvalue weighted by Gasteiger charge is -2.28. The van der Waals surface area contributed by atoms with Crippen molar-refractivity contribution in [3.05, 3.63) is 11.6 Å². The number of hydrogen-bond donors (Lipinski definition) is 0. The highest BCUT2D eigenvalue weighted by Gasteiger charge is 2.28. The van der Waals surface area contributed by atoms with Gasteiger partial charge in [0.15, 0.2) is 5.78 Å². The molecule has 13 heavy (non-hydrogen) atoms. The molecular weight excluding hydrogens is 160 g/mol. The smallest absolute Gasteiger partial charge is 0.158 e. The first-order valence-electron chi connectivity index (χ1n) is 5.40. The van der Waals surface area contributed by atoms with Crippen LogP contribution in [0.1, 0.15) is 46.5 Å². The van der Waals surface area contributed by atoms with Crippen LogP contribution in [0.5, 0.6) is 0 Å². The van der Waals surface area contributed by atoms with Crippen LogP contribution in [-0.4, -0.2) is 5.78 Å². The van der Waals surface area contributed by atoms with Crippen LogP contribution in [0.3, 0.4) is 0 Å². The standard InChI is InChI=1S/C12H20O/c1-4-6-10-7-9(3)8-12(13)11(10)5-2/h8,10-11H,4-7H2,1-3H3. The molecule has 74 valence electrons. The number of allylic oxidation sites excluding steroid dienone is 2. The van der Waals surface area contributed by atoms with E-state index in [0.717, 1.165) is 12.8 Å². The van der Waals surface area contributed by atoms with Crippen molar-refractivity contribution in [2.24, 2.45) is 11.8 Å². The van der Waals surface area contributed by atoms with Crippen molar-refractivity contribution in [3.63, 3.8) is 0 Å². The van der Waals surface area contributed by atoms with Gasteiger partial charge in [0.25, 0.3) is 0 Å². The van der Waals surface area contributed by atoms with Gasteiger partial charge in [-0.1, -0.05) is 25.8 Å². The van der Waals surface area contributed by atoms with E-state index in [1.165, 1.54) is 18.4 Å². The number of rotatable bonds is 3. The average molecular weight is 180 g/mol. The third kappa shape index (κ3) is 2.43. The first-order chi connectivity index (χ1) is 6.19. The molecule has 0 aromatic carbocycles. The first kappa shape index (κ1) is 10.5. The topological polar surface area (TPSA) is 17.1 Å². The van der Waals surface area contributed by atoms with Gasteiger partial charge in [0.05, 0.1) is 0 Å². The second-order valence-electron chi connectivity index (χ2n) is 4.16. The Morgan fingerprint density at radius 2 is 2.15 bits per heavy atom. The van der Waals surface area contributed by atoms with Gasteiger partial charge >= 0.3 is 0 Å². The summed E-state index contributed by atoms with van der Waals surface area (Å²) in [5, 5.41) is 0. The van der Waals surface area contributed by atoms with Crippen LogP contribution in [0.4, 0.5) is 0 Å². The molecule has 0 spiro atoms. The highest BCUT2D eigenvalue weighted by molar-refractivity contribution is 5.93. The number of ketones is 1. The van der Waals surface area contributed by atoms with Crippen LogP contribution in [0.15, 0.2) is 11.6 Å². The predicted octanol–water partition coefficient (Wildman–Crippen LogP) is 3.35. The van der Waals surface area contributed by atoms with E-state index in [1.54, 1.807) is 0 Å². The van der Waals surface area contributed by atoms with Crippen LogP contribution >= 0.6 is 0 Å². The van der Waals surface area contributed by atoms with Crippen molar-refractivity contribution in [2.45, 2.75) is 46.5 Å². The molecule has 0 saturated carbocycles. The minimum atomic E-state index is 0.309. The zero-order valence-electron chi connectivity index (χ0n) is 8.97. The Labute approximate surface area is 81.2 Å². The maximum atomic E-state index is 11.6. The molecule has 0 N–H and O–H groups in total. The summed E-state index contributed by atoms with van der Waals surface area (Å²) >= 11 is 0. The maximum Gasteiger partial charge on any atom is 0.158 e. The Hall–Kier alpha value is -0.590. The van der Waals surface area contributed by atoms with Gasteiger partial charge in [-0.3, -0.25) is 4.79 Å². The molecule has 2 unspecified atom stereocenters. The fourth-order valence-electron chi connectivity index (χ4n) is 2.41. The van der Waals surface area contributed by atoms with Gasteiger partial charge in [-0.2, -0.15) is 0 Å². The lowest BCUT2D eigenvalue weighted by molar-refractivity contribution is -0.120. The lowest BCUT2D eigenvalue weighted by Crippen LogP contribution is -2.26. The summed E-state index contributed by atoms with van der Waals surface area (Å²) in [7, 11) is 0. The zero-order valence-corrected chi connectivity index (χ0v) is 8.97. The van der Waals surface area contributed by atoms with Crippen LogP contribution in [-0.2, 0) is 4.79 Å². The summed E-state index contributed by atoms with van der Waals surface area (Å²) in [4.78, 5) is 11.6. The molecule has 1 aliphatic carbocycles. The molecule has 1 nitrogen and oxygen atoms in total. The molecule has 1 heteroatoms. The van der Waals surface area contributed by atoms with Crippen molar-refractivity contribution in [3.8, 4) is 0 Å². The summed E-state index contributed by atoms with van der Waals surface area (Å²) in [6.45, 7) is 6.40. The number of carbonyl (C=O) groups excluding carboxylic acids is 1. The van der Waals surface area contributed by atoms with Crippen LogP contribution in [0, 0.1) is 11.8 Å². The normalized spacial score (nSPS) is 28.8. The van der Waals surface area contributed by atoms with E-state index in [4.69, 9.17) is 0 Å². The van der Waals surface area contributed by atoms with Crippen molar-refractivity contribution < 1.29 is 4.79 Å². The van der Waals surface area contributed by atoms with Gasteiger partial charge in [-0.05, 0) is 38.2 Å². The van der Waals surface area contributed by atoms with E-state index in [9.17, 15) is 4.79 Å². The highest BCUT2D eigenvalue weighted by Crippen LogP contribution is 2.32. The van der Waals surface area contributed by atoms with Crippen molar-refractivity contribution >= 4 is 5.78 Å². The third-order valence-electron chi connectivity index (χ3n) is 3.01. The zero-order chi connectivity index (χ0) is 9.84. The molecule has 0 aliphatic heterocycles. The Morgan fingerprint density at radius 3 is 2.69 bits per heavy atom. The van der Waals surface area contributed by atoms with Gasteiger partial charge in [0.2, 0.25) is 0 Å². The van der Waals surface area contributed by atoms with Gasteiger partial charge in [-0.15, -0.1) is 0 Å². The summed E-state index contributed by atoms with van der Waals surface area (Å²) in [6, 6.07) is 0. The van der Waals surface area contributed by atoms with Crippen molar-refractivity contribution in [1.29, 1.82) is 0 Å². The largest absolute Gasteiger partial charge is 0.295 e. The van der Waals surface area contributed by atoms with Crippen LogP contribution < -0.4 is 0 Å². The molecular formula is C12H20O. The Kier molecular flexibility index (Phi) is 3.71. The Bertz CT molecular complexity index is 215. The predicted molar refractivity (Wildman–Crippen MR) is 55.6 cm³/mol. The first-order valence-corrected chi connectivity index (χ1v) is 5.40. The van der Waals surface area contributed by atoms with Crippen molar-refractivity contribution in [2.75, 3.05) is 0 Å². The molecule has 0 radical (unpaired) electrons. The highest BCUT2D eigenvalue weighted by atomic mass is 16.1. The minimum Gasteiger partial charge on any atom is -0.295 e. The summed E-state index contributed by atoms with van der Waals surface area (Å²) in [5.74, 6) is 1.29. The maximum absolute atomic E-state index is 11.6. The third-order valence-corrected chi connectivity index (χ3v) is 3.01. The molecule has 0 aromatic rings. The molecule has 2 atom stereocenters. The SMILES string of the molecule is CCCC1CC(C)=CC(=O)C1CC. The van der Waals surface area contributed by atoms with Gasteiger partial charge < -0.3 is 0 Å². The quantitative estimate of drug-likeness (QED) is 0.651. The van der Waals surface area contributed by atoms with Crippen molar-refractivity contribution in [1.82, 2.24) is 0 Å². The molecule has 0 amide bonds. The van der Waals surface area contributed by atoms with E-state index in [2.05, 4.69) is 20.8 Å². The molecule has 0 bridgehead atoms. The van der Waals surface area contributed by atoms with Crippen LogP contribution in [0.2, 0.25) is 0 Å². The summed E-state index contributed by atoms with van der Waals surface area (Å²) in [5.41, 5.74) is 1.27. The summed E-state index contributed by atoms with van der Waals surface area (Å²) < 4.78 is 0. The second kappa shape index (κ2) is 4.59. The number of carbonyl (C=O) groups is 1. The summed E-state index contributed by atoms with van der Waals surface area (Å²) in [6.07, 6.45) is 6.39. The van der Waals surface area contributed by atoms with E-state index in [0.29, 0.717) is 17.6 Å². The van der Waals surface area contributed by atoms with Gasteiger partial charge in [0, 0.05) is 5.92 Å². The lowest BCUT2D eigenvalue weighted by atomic mass is 9.76. The van der Waals surface area contributed by atoms with E-state index in [-0.39, 0.29) is 0 Å². The molecule has 0 saturated heterocycles. The minimum absolute atomic E-state index is 0.309. The Balaban J connectivity index is 2.72. The van der Waals surface area contributed by atoms with Gasteiger partial charge in [0.1, 0.15) is 0 Å². The second-order valence-corrected chi connectivity index (χ2v) is 4.16.